The van der Waals surface area contributed by atoms with E-state index in [2.05, 4.69) is 15.1 Å². The monoisotopic (exact) mass is 301 g/mol. The first kappa shape index (κ1) is 14.2. The highest BCUT2D eigenvalue weighted by Gasteiger charge is 2.49. The van der Waals surface area contributed by atoms with Gasteiger partial charge in [0.1, 0.15) is 0 Å². The first-order chi connectivity index (χ1) is 10.8. The second-order valence-electron chi connectivity index (χ2n) is 6.48. The van der Waals surface area contributed by atoms with Gasteiger partial charge in [0.25, 0.3) is 5.91 Å². The molecule has 22 heavy (non-hydrogen) atoms. The first-order valence-electron chi connectivity index (χ1n) is 8.23. The van der Waals surface area contributed by atoms with Gasteiger partial charge in [0.2, 0.25) is 0 Å². The van der Waals surface area contributed by atoms with Crippen LogP contribution in [0.1, 0.15) is 18.4 Å². The fraction of sp³-hybridized carbons (Fsp3) is 0.588. The van der Waals surface area contributed by atoms with Crippen molar-refractivity contribution >= 4 is 5.91 Å². The van der Waals surface area contributed by atoms with Crippen LogP contribution in [-0.4, -0.2) is 61.2 Å². The highest BCUT2D eigenvalue weighted by molar-refractivity contribution is 5.87. The Balaban J connectivity index is 1.67. The van der Waals surface area contributed by atoms with Crippen LogP contribution < -0.4 is 5.32 Å². The number of carbonyl (C=O) groups is 1. The number of rotatable bonds is 2. The molecule has 1 aromatic rings. The third-order valence-corrected chi connectivity index (χ3v) is 5.30. The summed E-state index contributed by atoms with van der Waals surface area (Å²) in [5.74, 6) is 0.137. The molecule has 0 radical (unpaired) electrons. The third-order valence-electron chi connectivity index (χ3n) is 5.30. The maximum absolute atomic E-state index is 13.4. The molecule has 4 saturated heterocycles. The molecule has 4 fully saturated rings. The van der Waals surface area contributed by atoms with Crippen molar-refractivity contribution in [1.82, 2.24) is 15.1 Å². The second kappa shape index (κ2) is 5.65. The maximum atomic E-state index is 13.4. The van der Waals surface area contributed by atoms with Gasteiger partial charge in [0.05, 0.1) is 6.73 Å². The van der Waals surface area contributed by atoms with Crippen molar-refractivity contribution in [2.75, 3.05) is 39.5 Å². The van der Waals surface area contributed by atoms with E-state index in [-0.39, 0.29) is 5.91 Å². The maximum Gasteiger partial charge on any atom is 0.261 e. The molecular weight excluding hydrogens is 278 g/mol. The predicted octanol–water partition coefficient (Wildman–Crippen LogP) is 0.766. The van der Waals surface area contributed by atoms with E-state index in [1.807, 2.05) is 30.3 Å². The van der Waals surface area contributed by atoms with E-state index >= 15 is 0 Å². The van der Waals surface area contributed by atoms with E-state index in [4.69, 9.17) is 4.74 Å². The summed E-state index contributed by atoms with van der Waals surface area (Å²) in [6.45, 7) is 5.04. The Morgan fingerprint density at radius 2 is 1.91 bits per heavy atom. The molecule has 1 N–H and O–H groups in total. The molecule has 5 heteroatoms. The number of piperidine rings is 1. The van der Waals surface area contributed by atoms with Crippen molar-refractivity contribution in [3.05, 3.63) is 35.9 Å². The van der Waals surface area contributed by atoms with Crippen molar-refractivity contribution in [2.24, 2.45) is 0 Å². The fourth-order valence-electron chi connectivity index (χ4n) is 3.99. The summed E-state index contributed by atoms with van der Waals surface area (Å²) in [6, 6.07) is 10.3. The second-order valence-corrected chi connectivity index (χ2v) is 6.48. The average Bonchev–Trinajstić information content (AvgIpc) is 2.90. The molecule has 1 unspecified atom stereocenters. The normalized spacial score (nSPS) is 34.6. The van der Waals surface area contributed by atoms with Gasteiger partial charge in [-0.3, -0.25) is 10.1 Å². The molecule has 1 atom stereocenters. The van der Waals surface area contributed by atoms with E-state index in [0.29, 0.717) is 19.3 Å². The molecule has 0 aromatic heterocycles. The average molecular weight is 301 g/mol. The smallest absolute Gasteiger partial charge is 0.261 e. The van der Waals surface area contributed by atoms with Gasteiger partial charge >= 0.3 is 0 Å². The van der Waals surface area contributed by atoms with Gasteiger partial charge < -0.3 is 14.5 Å². The first-order valence-corrected chi connectivity index (χ1v) is 8.23. The van der Waals surface area contributed by atoms with Crippen LogP contribution in [0.15, 0.2) is 30.3 Å². The highest BCUT2D eigenvalue weighted by atomic mass is 16.5. The van der Waals surface area contributed by atoms with Crippen LogP contribution in [0.2, 0.25) is 0 Å². The van der Waals surface area contributed by atoms with Crippen LogP contribution in [0.5, 0.6) is 0 Å². The van der Waals surface area contributed by atoms with Crippen molar-refractivity contribution in [2.45, 2.75) is 24.5 Å². The van der Waals surface area contributed by atoms with Gasteiger partial charge in [-0.1, -0.05) is 30.3 Å². The molecular formula is C17H23N3O2. The van der Waals surface area contributed by atoms with Crippen molar-refractivity contribution in [3.63, 3.8) is 0 Å². The Hall–Kier alpha value is -1.43. The standard InChI is InChI=1S/C17H23N3O2/c21-16(20-11-10-19-8-6-15(20)7-9-19)17(12-18-13-22-17)14-4-2-1-3-5-14/h1-5,15,18H,6-13H2. The number of fused-ring (bicyclic) bond motifs is 4. The lowest BCUT2D eigenvalue weighted by Crippen LogP contribution is -2.53. The Bertz CT molecular complexity index is 534. The number of nitrogens with zero attached hydrogens (tertiary/aromatic N) is 2. The lowest BCUT2D eigenvalue weighted by molar-refractivity contribution is -0.155. The van der Waals surface area contributed by atoms with Crippen molar-refractivity contribution in [3.8, 4) is 0 Å². The number of ether oxygens (including phenoxy) is 1. The van der Waals surface area contributed by atoms with Crippen LogP contribution in [-0.2, 0) is 15.1 Å². The van der Waals surface area contributed by atoms with Gasteiger partial charge in [-0.15, -0.1) is 0 Å². The van der Waals surface area contributed by atoms with E-state index in [0.717, 1.165) is 44.6 Å². The topological polar surface area (TPSA) is 44.8 Å². The quantitative estimate of drug-likeness (QED) is 0.876. The molecule has 0 spiro atoms. The summed E-state index contributed by atoms with van der Waals surface area (Å²) in [7, 11) is 0. The van der Waals surface area contributed by atoms with Crippen LogP contribution in [0.4, 0.5) is 0 Å². The lowest BCUT2D eigenvalue weighted by Gasteiger charge is -2.37. The lowest BCUT2D eigenvalue weighted by atomic mass is 9.91. The summed E-state index contributed by atoms with van der Waals surface area (Å²) >= 11 is 0. The summed E-state index contributed by atoms with van der Waals surface area (Å²) in [4.78, 5) is 18.0. The molecule has 5 rings (SSSR count). The summed E-state index contributed by atoms with van der Waals surface area (Å²) in [5, 5.41) is 3.21. The van der Waals surface area contributed by atoms with Gasteiger partial charge in [-0.25, -0.2) is 0 Å². The zero-order valence-electron chi connectivity index (χ0n) is 12.8. The van der Waals surface area contributed by atoms with Crippen LogP contribution in [0.3, 0.4) is 0 Å². The number of carbonyl (C=O) groups excluding carboxylic acids is 1. The van der Waals surface area contributed by atoms with E-state index < -0.39 is 5.60 Å². The minimum Gasteiger partial charge on any atom is -0.344 e. The predicted molar refractivity (Wildman–Crippen MR) is 83.2 cm³/mol. The molecule has 1 amide bonds. The number of hydrogen-bond donors (Lipinski definition) is 1. The summed E-state index contributed by atoms with van der Waals surface area (Å²) in [5.41, 5.74) is 0.114. The third kappa shape index (κ3) is 2.24. The van der Waals surface area contributed by atoms with E-state index in [1.54, 1.807) is 0 Å². The van der Waals surface area contributed by atoms with Crippen molar-refractivity contribution in [1.29, 1.82) is 0 Å². The minimum atomic E-state index is -0.848. The van der Waals surface area contributed by atoms with Crippen LogP contribution in [0, 0.1) is 0 Å². The Morgan fingerprint density at radius 1 is 1.14 bits per heavy atom. The summed E-state index contributed by atoms with van der Waals surface area (Å²) in [6.07, 6.45) is 2.17. The molecule has 118 valence electrons. The molecule has 2 bridgehead atoms. The Kier molecular flexibility index (Phi) is 3.64. The van der Waals surface area contributed by atoms with Crippen LogP contribution >= 0.6 is 0 Å². The Labute approximate surface area is 131 Å². The minimum absolute atomic E-state index is 0.137. The Morgan fingerprint density at radius 3 is 2.59 bits per heavy atom. The number of nitrogens with one attached hydrogen (secondary N) is 1. The summed E-state index contributed by atoms with van der Waals surface area (Å²) < 4.78 is 5.97. The molecule has 4 aliphatic heterocycles. The molecule has 4 heterocycles. The van der Waals surface area contributed by atoms with Gasteiger partial charge in [-0.2, -0.15) is 0 Å². The SMILES string of the molecule is O=C(N1CCN2CCC1CC2)C1(c2ccccc2)CNCO1. The number of hydrogen-bond acceptors (Lipinski definition) is 4. The molecule has 0 aliphatic carbocycles. The highest BCUT2D eigenvalue weighted by Crippen LogP contribution is 2.33. The largest absolute Gasteiger partial charge is 0.344 e. The van der Waals surface area contributed by atoms with E-state index in [1.165, 1.54) is 0 Å². The van der Waals surface area contributed by atoms with Crippen molar-refractivity contribution < 1.29 is 9.53 Å². The number of benzene rings is 1. The zero-order valence-corrected chi connectivity index (χ0v) is 12.8. The number of amides is 1. The molecule has 4 aliphatic rings. The fourth-order valence-corrected chi connectivity index (χ4v) is 3.99. The molecule has 1 aromatic carbocycles. The van der Waals surface area contributed by atoms with Crippen LogP contribution in [0.25, 0.3) is 0 Å². The van der Waals surface area contributed by atoms with Gasteiger partial charge in [0, 0.05) is 38.8 Å². The zero-order chi connectivity index (χ0) is 15.0. The van der Waals surface area contributed by atoms with Gasteiger partial charge in [-0.05, 0) is 18.4 Å². The molecule has 5 nitrogen and oxygen atoms in total. The molecule has 0 saturated carbocycles. The van der Waals surface area contributed by atoms with E-state index in [9.17, 15) is 4.79 Å². The van der Waals surface area contributed by atoms with Gasteiger partial charge in [0.15, 0.2) is 5.60 Å².